The standard InChI is InChI=1S/C13H17ClN2O2/c1-13(2)8-9(6-7-18-13)15-12(17)10-4-3-5-11(14)16-10/h3-5,9H,6-8H2,1-2H3,(H,15,17). The summed E-state index contributed by atoms with van der Waals surface area (Å²) in [6.45, 7) is 4.73. The van der Waals surface area contributed by atoms with E-state index in [1.165, 1.54) is 0 Å². The van der Waals surface area contributed by atoms with E-state index < -0.39 is 0 Å². The molecule has 1 aromatic heterocycles. The lowest BCUT2D eigenvalue weighted by Gasteiger charge is -2.35. The van der Waals surface area contributed by atoms with E-state index in [0.717, 1.165) is 12.8 Å². The topological polar surface area (TPSA) is 51.2 Å². The van der Waals surface area contributed by atoms with Gasteiger partial charge in [0.1, 0.15) is 10.8 Å². The van der Waals surface area contributed by atoms with Gasteiger partial charge in [-0.05, 0) is 38.8 Å². The van der Waals surface area contributed by atoms with Gasteiger partial charge < -0.3 is 10.1 Å². The number of amides is 1. The smallest absolute Gasteiger partial charge is 0.270 e. The van der Waals surface area contributed by atoms with Gasteiger partial charge in [0.2, 0.25) is 0 Å². The van der Waals surface area contributed by atoms with Crippen LogP contribution in [0.25, 0.3) is 0 Å². The Kier molecular flexibility index (Phi) is 3.88. The zero-order valence-corrected chi connectivity index (χ0v) is 11.3. The van der Waals surface area contributed by atoms with Crippen LogP contribution in [-0.4, -0.2) is 29.1 Å². The van der Waals surface area contributed by atoms with Crippen LogP contribution in [0, 0.1) is 0 Å². The van der Waals surface area contributed by atoms with Crippen LogP contribution in [0.3, 0.4) is 0 Å². The first-order valence-corrected chi connectivity index (χ1v) is 6.41. The van der Waals surface area contributed by atoms with Crippen molar-refractivity contribution in [2.24, 2.45) is 0 Å². The number of ether oxygens (including phenoxy) is 1. The summed E-state index contributed by atoms with van der Waals surface area (Å²) in [5, 5.41) is 3.31. The first-order valence-electron chi connectivity index (χ1n) is 6.04. The maximum Gasteiger partial charge on any atom is 0.270 e. The number of carbonyl (C=O) groups excluding carboxylic acids is 1. The van der Waals surface area contributed by atoms with Crippen molar-refractivity contribution >= 4 is 17.5 Å². The molecular weight excluding hydrogens is 252 g/mol. The Morgan fingerprint density at radius 2 is 2.33 bits per heavy atom. The molecule has 0 bridgehead atoms. The van der Waals surface area contributed by atoms with Gasteiger partial charge in [-0.3, -0.25) is 4.79 Å². The van der Waals surface area contributed by atoms with Crippen LogP contribution in [0.5, 0.6) is 0 Å². The van der Waals surface area contributed by atoms with Gasteiger partial charge >= 0.3 is 0 Å². The molecule has 0 aromatic carbocycles. The summed E-state index contributed by atoms with van der Waals surface area (Å²) in [5.74, 6) is -0.180. The van der Waals surface area contributed by atoms with Gasteiger partial charge in [0.15, 0.2) is 0 Å². The van der Waals surface area contributed by atoms with Gasteiger partial charge in [-0.2, -0.15) is 0 Å². The molecule has 1 N–H and O–H groups in total. The largest absolute Gasteiger partial charge is 0.375 e. The Balaban J connectivity index is 1.99. The van der Waals surface area contributed by atoms with E-state index >= 15 is 0 Å². The minimum Gasteiger partial charge on any atom is -0.375 e. The van der Waals surface area contributed by atoms with Crippen LogP contribution in [-0.2, 0) is 4.74 Å². The normalized spacial score (nSPS) is 22.5. The van der Waals surface area contributed by atoms with E-state index in [-0.39, 0.29) is 17.6 Å². The predicted molar refractivity (Wildman–Crippen MR) is 69.8 cm³/mol. The van der Waals surface area contributed by atoms with Gasteiger partial charge in [-0.15, -0.1) is 0 Å². The molecule has 1 unspecified atom stereocenters. The van der Waals surface area contributed by atoms with Crippen molar-refractivity contribution in [3.8, 4) is 0 Å². The summed E-state index contributed by atoms with van der Waals surface area (Å²) in [5.41, 5.74) is 0.171. The number of halogens is 1. The lowest BCUT2D eigenvalue weighted by molar-refractivity contribution is -0.0615. The van der Waals surface area contributed by atoms with Crippen molar-refractivity contribution in [3.63, 3.8) is 0 Å². The molecule has 1 fully saturated rings. The highest BCUT2D eigenvalue weighted by Crippen LogP contribution is 2.24. The highest BCUT2D eigenvalue weighted by atomic mass is 35.5. The van der Waals surface area contributed by atoms with Gasteiger partial charge in [0.25, 0.3) is 5.91 Å². The van der Waals surface area contributed by atoms with E-state index in [0.29, 0.717) is 17.5 Å². The number of carbonyl (C=O) groups is 1. The molecule has 98 valence electrons. The monoisotopic (exact) mass is 268 g/mol. The summed E-state index contributed by atoms with van der Waals surface area (Å²) >= 11 is 5.77. The number of hydrogen-bond donors (Lipinski definition) is 1. The SMILES string of the molecule is CC1(C)CC(NC(=O)c2cccc(Cl)n2)CCO1. The van der Waals surface area contributed by atoms with Crippen molar-refractivity contribution < 1.29 is 9.53 Å². The second-order valence-corrected chi connectivity index (χ2v) is 5.50. The van der Waals surface area contributed by atoms with Crippen molar-refractivity contribution in [1.29, 1.82) is 0 Å². The van der Waals surface area contributed by atoms with Gasteiger partial charge in [-0.25, -0.2) is 4.98 Å². The minimum absolute atomic E-state index is 0.127. The van der Waals surface area contributed by atoms with Crippen molar-refractivity contribution in [3.05, 3.63) is 29.0 Å². The average molecular weight is 269 g/mol. The molecule has 0 aliphatic carbocycles. The fraction of sp³-hybridized carbons (Fsp3) is 0.538. The molecule has 1 aromatic rings. The maximum atomic E-state index is 12.0. The highest BCUT2D eigenvalue weighted by Gasteiger charge is 2.29. The molecule has 1 aliphatic heterocycles. The van der Waals surface area contributed by atoms with Crippen molar-refractivity contribution in [2.45, 2.75) is 38.3 Å². The maximum absolute atomic E-state index is 12.0. The van der Waals surface area contributed by atoms with E-state index in [1.807, 2.05) is 13.8 Å². The van der Waals surface area contributed by atoms with E-state index in [2.05, 4.69) is 10.3 Å². The molecular formula is C13H17ClN2O2. The van der Waals surface area contributed by atoms with Crippen LogP contribution in [0.1, 0.15) is 37.2 Å². The Labute approximate surface area is 112 Å². The molecule has 1 atom stereocenters. The fourth-order valence-electron chi connectivity index (χ4n) is 2.15. The highest BCUT2D eigenvalue weighted by molar-refractivity contribution is 6.29. The lowest BCUT2D eigenvalue weighted by Crippen LogP contribution is -2.45. The molecule has 4 nitrogen and oxygen atoms in total. The van der Waals surface area contributed by atoms with Crippen molar-refractivity contribution in [1.82, 2.24) is 10.3 Å². The molecule has 2 rings (SSSR count). The summed E-state index contributed by atoms with van der Waals surface area (Å²) < 4.78 is 5.61. The van der Waals surface area contributed by atoms with Crippen LogP contribution < -0.4 is 5.32 Å². The molecule has 1 saturated heterocycles. The van der Waals surface area contributed by atoms with E-state index in [9.17, 15) is 4.79 Å². The van der Waals surface area contributed by atoms with Gasteiger partial charge in [0, 0.05) is 12.6 Å². The van der Waals surface area contributed by atoms with Gasteiger partial charge in [-0.1, -0.05) is 17.7 Å². The number of pyridine rings is 1. The molecule has 1 amide bonds. The zero-order chi connectivity index (χ0) is 13.2. The summed E-state index contributed by atoms with van der Waals surface area (Å²) in [6, 6.07) is 5.15. The molecule has 0 spiro atoms. The zero-order valence-electron chi connectivity index (χ0n) is 10.6. The third kappa shape index (κ3) is 3.43. The van der Waals surface area contributed by atoms with E-state index in [1.54, 1.807) is 18.2 Å². The predicted octanol–water partition coefficient (Wildman–Crippen LogP) is 2.42. The summed E-state index contributed by atoms with van der Waals surface area (Å²) in [7, 11) is 0. The van der Waals surface area contributed by atoms with Crippen LogP contribution >= 0.6 is 11.6 Å². The number of aromatic nitrogens is 1. The van der Waals surface area contributed by atoms with Crippen LogP contribution in [0.15, 0.2) is 18.2 Å². The second-order valence-electron chi connectivity index (χ2n) is 5.12. The third-order valence-electron chi connectivity index (χ3n) is 2.98. The Bertz CT molecular complexity index is 448. The molecule has 2 heterocycles. The Morgan fingerprint density at radius 1 is 1.56 bits per heavy atom. The van der Waals surface area contributed by atoms with Crippen LogP contribution in [0.2, 0.25) is 5.15 Å². The molecule has 18 heavy (non-hydrogen) atoms. The molecule has 0 saturated carbocycles. The summed E-state index contributed by atoms with van der Waals surface area (Å²) in [4.78, 5) is 16.0. The summed E-state index contributed by atoms with van der Waals surface area (Å²) in [6.07, 6.45) is 1.63. The fourth-order valence-corrected chi connectivity index (χ4v) is 2.31. The first-order chi connectivity index (χ1) is 8.46. The third-order valence-corrected chi connectivity index (χ3v) is 3.19. The number of nitrogens with one attached hydrogen (secondary N) is 1. The van der Waals surface area contributed by atoms with Crippen LogP contribution in [0.4, 0.5) is 0 Å². The molecule has 5 heteroatoms. The molecule has 0 radical (unpaired) electrons. The van der Waals surface area contributed by atoms with Crippen molar-refractivity contribution in [2.75, 3.05) is 6.61 Å². The number of rotatable bonds is 2. The average Bonchev–Trinajstić information content (AvgIpc) is 2.27. The first kappa shape index (κ1) is 13.3. The Hall–Kier alpha value is -1.13. The number of hydrogen-bond acceptors (Lipinski definition) is 3. The van der Waals surface area contributed by atoms with E-state index in [4.69, 9.17) is 16.3 Å². The van der Waals surface area contributed by atoms with Gasteiger partial charge in [0.05, 0.1) is 5.60 Å². The minimum atomic E-state index is -0.183. The second kappa shape index (κ2) is 5.24. The molecule has 1 aliphatic rings. The quantitative estimate of drug-likeness (QED) is 0.838. The Morgan fingerprint density at radius 3 is 3.00 bits per heavy atom. The lowest BCUT2D eigenvalue weighted by atomic mass is 9.94. The number of nitrogens with zero attached hydrogens (tertiary/aromatic N) is 1.